The van der Waals surface area contributed by atoms with Crippen LogP contribution in [0, 0.1) is 0 Å². The predicted octanol–water partition coefficient (Wildman–Crippen LogP) is 11.4. The summed E-state index contributed by atoms with van der Waals surface area (Å²) in [6.07, 6.45) is 5.87. The minimum atomic E-state index is -3.03. The molecule has 0 spiro atoms. The van der Waals surface area contributed by atoms with Crippen LogP contribution in [0.25, 0.3) is 45.3 Å². The van der Waals surface area contributed by atoms with Gasteiger partial charge in [0, 0.05) is 38.0 Å². The molecule has 0 saturated heterocycles. The highest BCUT2D eigenvalue weighted by atomic mass is 31.2. The normalized spacial score (nSPS) is 13.9. The van der Waals surface area contributed by atoms with Gasteiger partial charge < -0.3 is 4.57 Å². The Hall–Kier alpha value is -6.22. The van der Waals surface area contributed by atoms with E-state index < -0.39 is 7.14 Å². The van der Waals surface area contributed by atoms with Crippen molar-refractivity contribution in [3.63, 3.8) is 0 Å². The minimum absolute atomic E-state index is 0.0688. The Balaban J connectivity index is 1.02. The first-order valence-electron chi connectivity index (χ1n) is 19.5. The van der Waals surface area contributed by atoms with E-state index in [2.05, 4.69) is 60.7 Å². The van der Waals surface area contributed by atoms with Crippen LogP contribution in [-0.2, 0) is 9.98 Å². The maximum Gasteiger partial charge on any atom is 0.171 e. The van der Waals surface area contributed by atoms with Gasteiger partial charge in [0.05, 0.1) is 0 Å². The first kappa shape index (κ1) is 35.5. The van der Waals surface area contributed by atoms with Crippen molar-refractivity contribution in [2.24, 2.45) is 0 Å². The fourth-order valence-electron chi connectivity index (χ4n) is 8.34. The highest BCUT2D eigenvalue weighted by Gasteiger charge is 2.36. The van der Waals surface area contributed by atoms with E-state index in [1.54, 1.807) is 0 Å². The zero-order chi connectivity index (χ0) is 37.8. The summed E-state index contributed by atoms with van der Waals surface area (Å²) in [6.45, 7) is 0. The van der Waals surface area contributed by atoms with Gasteiger partial charge in [-0.05, 0) is 35.1 Å². The van der Waals surface area contributed by atoms with Crippen LogP contribution in [0.4, 0.5) is 0 Å². The number of hydrogen-bond donors (Lipinski definition) is 0. The van der Waals surface area contributed by atoms with Crippen LogP contribution in [0.3, 0.4) is 0 Å². The van der Waals surface area contributed by atoms with E-state index in [4.69, 9.17) is 15.0 Å². The number of nitrogens with zero attached hydrogens (tertiary/aromatic N) is 3. The van der Waals surface area contributed by atoms with Gasteiger partial charge in [0.1, 0.15) is 0 Å². The van der Waals surface area contributed by atoms with Crippen LogP contribution < -0.4 is 15.9 Å². The van der Waals surface area contributed by atoms with Crippen LogP contribution in [0.15, 0.2) is 194 Å². The first-order chi connectivity index (χ1) is 27.6. The Kier molecular flexibility index (Phi) is 9.82. The molecule has 272 valence electrons. The molecule has 9 rings (SSSR count). The van der Waals surface area contributed by atoms with Crippen LogP contribution in [0.5, 0.6) is 0 Å². The molecule has 1 heterocycles. The Morgan fingerprint density at radius 2 is 0.661 bits per heavy atom. The standard InChI is InChI=1S/C51H42N3OP/c55-56(45-20-10-3-11-21-45,46-22-12-4-13-23-46)47-34-28-39(29-35-47)38-24-30-43(31-25-38)51(36-14-5-15-37-51)44-32-26-42(27-33-44)50-53-48(40-16-6-1-7-17-40)52-49(54-50)41-18-8-2-9-19-41/h1-4,6-13,16-35H,5,14-15,36-37H2. The average Bonchev–Trinajstić information content (AvgIpc) is 3.30. The molecule has 0 bridgehead atoms. The second kappa shape index (κ2) is 15.5. The SMILES string of the molecule is O=P(c1ccccc1)(c1ccccc1)c1ccc(-c2ccc(C3(c4ccc(-c5nc(-c6ccccc6)nc(-c6ccccc6)n5)cc4)CCCCC3)cc2)cc1. The summed E-state index contributed by atoms with van der Waals surface area (Å²) in [7, 11) is -3.03. The molecule has 0 N–H and O–H groups in total. The van der Waals surface area contributed by atoms with Gasteiger partial charge in [-0.25, -0.2) is 15.0 Å². The molecule has 1 aromatic heterocycles. The molecule has 0 amide bonds. The summed E-state index contributed by atoms with van der Waals surface area (Å²) in [6, 6.07) is 66.4. The second-order valence-corrected chi connectivity index (χ2v) is 17.4. The highest BCUT2D eigenvalue weighted by Crippen LogP contribution is 2.46. The molecule has 0 aliphatic heterocycles. The summed E-state index contributed by atoms with van der Waals surface area (Å²) in [4.78, 5) is 14.8. The molecule has 5 heteroatoms. The lowest BCUT2D eigenvalue weighted by molar-refractivity contribution is 0.346. The summed E-state index contributed by atoms with van der Waals surface area (Å²) >= 11 is 0. The van der Waals surface area contributed by atoms with Crippen LogP contribution in [0.2, 0.25) is 0 Å². The Morgan fingerprint density at radius 1 is 0.339 bits per heavy atom. The summed E-state index contributed by atoms with van der Waals surface area (Å²) in [5, 5.41) is 2.53. The summed E-state index contributed by atoms with van der Waals surface area (Å²) in [5.41, 5.74) is 7.76. The molecule has 1 aliphatic carbocycles. The molecule has 0 unspecified atom stereocenters. The van der Waals surface area contributed by atoms with Gasteiger partial charge in [0.2, 0.25) is 0 Å². The lowest BCUT2D eigenvalue weighted by Crippen LogP contribution is -2.30. The lowest BCUT2D eigenvalue weighted by atomic mass is 9.65. The molecule has 0 radical (unpaired) electrons. The van der Waals surface area contributed by atoms with Crippen molar-refractivity contribution >= 4 is 23.1 Å². The van der Waals surface area contributed by atoms with E-state index in [1.807, 2.05) is 133 Å². The summed E-state index contributed by atoms with van der Waals surface area (Å²) < 4.78 is 14.9. The number of hydrogen-bond acceptors (Lipinski definition) is 4. The van der Waals surface area contributed by atoms with Crippen molar-refractivity contribution in [1.82, 2.24) is 15.0 Å². The van der Waals surface area contributed by atoms with E-state index in [0.29, 0.717) is 17.5 Å². The van der Waals surface area contributed by atoms with Gasteiger partial charge in [-0.2, -0.15) is 0 Å². The molecular formula is C51H42N3OP. The van der Waals surface area contributed by atoms with Crippen molar-refractivity contribution in [2.45, 2.75) is 37.5 Å². The van der Waals surface area contributed by atoms with E-state index in [1.165, 1.54) is 30.4 Å². The molecular weight excluding hydrogens is 702 g/mol. The lowest BCUT2D eigenvalue weighted by Gasteiger charge is -2.39. The predicted molar refractivity (Wildman–Crippen MR) is 231 cm³/mol. The molecule has 1 saturated carbocycles. The van der Waals surface area contributed by atoms with E-state index >= 15 is 0 Å². The average molecular weight is 744 g/mol. The smallest absolute Gasteiger partial charge is 0.171 e. The van der Waals surface area contributed by atoms with Crippen molar-refractivity contribution < 1.29 is 4.57 Å². The maximum absolute atomic E-state index is 14.9. The van der Waals surface area contributed by atoms with E-state index in [-0.39, 0.29) is 5.41 Å². The Morgan fingerprint density at radius 3 is 1.07 bits per heavy atom. The van der Waals surface area contributed by atoms with Crippen LogP contribution >= 0.6 is 7.14 Å². The van der Waals surface area contributed by atoms with Gasteiger partial charge in [-0.15, -0.1) is 0 Å². The fourth-order valence-corrected chi connectivity index (χ4v) is 11.0. The van der Waals surface area contributed by atoms with Gasteiger partial charge in [-0.1, -0.05) is 213 Å². The fraction of sp³-hybridized carbons (Fsp3) is 0.118. The molecule has 4 nitrogen and oxygen atoms in total. The van der Waals surface area contributed by atoms with Crippen molar-refractivity contribution in [3.05, 3.63) is 205 Å². The quantitative estimate of drug-likeness (QED) is 0.138. The number of rotatable bonds is 9. The molecule has 1 aliphatic rings. The van der Waals surface area contributed by atoms with Crippen LogP contribution in [-0.4, -0.2) is 15.0 Å². The van der Waals surface area contributed by atoms with Gasteiger partial charge in [-0.3, -0.25) is 0 Å². The Bertz CT molecular complexity index is 2490. The topological polar surface area (TPSA) is 55.7 Å². The first-order valence-corrected chi connectivity index (χ1v) is 21.2. The number of benzene rings is 7. The van der Waals surface area contributed by atoms with E-state index in [0.717, 1.165) is 56.6 Å². The molecule has 0 atom stereocenters. The third-order valence-electron chi connectivity index (χ3n) is 11.3. The van der Waals surface area contributed by atoms with Crippen molar-refractivity contribution in [2.75, 3.05) is 0 Å². The zero-order valence-corrected chi connectivity index (χ0v) is 32.1. The summed E-state index contributed by atoms with van der Waals surface area (Å²) in [5.74, 6) is 2.00. The van der Waals surface area contributed by atoms with Gasteiger partial charge in [0.25, 0.3) is 0 Å². The maximum atomic E-state index is 14.9. The third kappa shape index (κ3) is 6.82. The monoisotopic (exact) mass is 743 g/mol. The molecule has 7 aromatic carbocycles. The second-order valence-electron chi connectivity index (χ2n) is 14.7. The van der Waals surface area contributed by atoms with Crippen LogP contribution in [0.1, 0.15) is 43.2 Å². The number of aromatic nitrogens is 3. The third-order valence-corrected chi connectivity index (χ3v) is 14.4. The largest absolute Gasteiger partial charge is 0.309 e. The minimum Gasteiger partial charge on any atom is -0.309 e. The van der Waals surface area contributed by atoms with E-state index in [9.17, 15) is 4.57 Å². The molecule has 8 aromatic rings. The highest BCUT2D eigenvalue weighted by molar-refractivity contribution is 7.85. The zero-order valence-electron chi connectivity index (χ0n) is 31.2. The van der Waals surface area contributed by atoms with Crippen molar-refractivity contribution in [1.29, 1.82) is 0 Å². The molecule has 1 fully saturated rings. The van der Waals surface area contributed by atoms with Crippen molar-refractivity contribution in [3.8, 4) is 45.3 Å². The Labute approximate surface area is 329 Å². The molecule has 56 heavy (non-hydrogen) atoms. The van der Waals surface area contributed by atoms with Gasteiger partial charge in [0.15, 0.2) is 24.6 Å². The van der Waals surface area contributed by atoms with Gasteiger partial charge >= 0.3 is 0 Å².